The lowest BCUT2D eigenvalue weighted by molar-refractivity contribution is -0.129. The van der Waals surface area contributed by atoms with Crippen molar-refractivity contribution in [2.45, 2.75) is 38.6 Å². The highest BCUT2D eigenvalue weighted by Crippen LogP contribution is 2.39. The summed E-state index contributed by atoms with van der Waals surface area (Å²) in [5.41, 5.74) is 3.35. The van der Waals surface area contributed by atoms with Gasteiger partial charge < -0.3 is 19.7 Å². The molecule has 2 aliphatic heterocycles. The van der Waals surface area contributed by atoms with Crippen LogP contribution in [0.3, 0.4) is 0 Å². The number of benzene rings is 2. The minimum Gasteiger partial charge on any atom is -0.481 e. The van der Waals surface area contributed by atoms with Gasteiger partial charge in [0.15, 0.2) is 5.82 Å². The van der Waals surface area contributed by atoms with Crippen molar-refractivity contribution in [3.63, 3.8) is 0 Å². The molecule has 45 heavy (non-hydrogen) atoms. The number of aromatic nitrogens is 1. The molecule has 232 valence electrons. The highest BCUT2D eigenvalue weighted by atomic mass is 35.5. The van der Waals surface area contributed by atoms with E-state index in [-0.39, 0.29) is 40.4 Å². The van der Waals surface area contributed by atoms with E-state index in [1.807, 2.05) is 19.1 Å². The van der Waals surface area contributed by atoms with Crippen molar-refractivity contribution in [1.29, 1.82) is 5.26 Å². The van der Waals surface area contributed by atoms with Crippen LogP contribution >= 0.6 is 11.6 Å². The van der Waals surface area contributed by atoms with Gasteiger partial charge >= 0.3 is 6.09 Å². The van der Waals surface area contributed by atoms with Crippen LogP contribution in [0.15, 0.2) is 48.5 Å². The van der Waals surface area contributed by atoms with Crippen LogP contribution in [0.25, 0.3) is 16.7 Å². The molecule has 5 rings (SSSR count). The summed E-state index contributed by atoms with van der Waals surface area (Å²) in [6, 6.07) is 13.0. The van der Waals surface area contributed by atoms with Gasteiger partial charge in [0, 0.05) is 41.4 Å². The minimum absolute atomic E-state index is 0.0379. The first-order valence-corrected chi connectivity index (χ1v) is 14.8. The number of amides is 3. The zero-order chi connectivity index (χ0) is 32.2. The number of hydrogen-bond donors (Lipinski definition) is 2. The van der Waals surface area contributed by atoms with E-state index in [0.29, 0.717) is 65.3 Å². The van der Waals surface area contributed by atoms with E-state index in [9.17, 15) is 19.6 Å². The molecule has 0 saturated carbocycles. The molecule has 0 fully saturated rings. The van der Waals surface area contributed by atoms with Gasteiger partial charge in [-0.15, -0.1) is 0 Å². The Labute approximate surface area is 264 Å². The van der Waals surface area contributed by atoms with Gasteiger partial charge in [-0.1, -0.05) is 31.0 Å². The zero-order valence-electron chi connectivity index (χ0n) is 24.9. The SMILES string of the molecule is COC(=O)Nc1ccc2c(c1)NC(=O)C(C)CCC[C@H](N1CCC(c3c(C#N)ccc(Cl)c3F)=CC1=O)c1cc-2cc(OC)n1. The third-order valence-corrected chi connectivity index (χ3v) is 8.36. The number of nitriles is 1. The first kappa shape index (κ1) is 31.5. The number of rotatable bonds is 4. The topological polar surface area (TPSA) is 134 Å². The van der Waals surface area contributed by atoms with E-state index in [4.69, 9.17) is 26.1 Å². The zero-order valence-corrected chi connectivity index (χ0v) is 25.7. The molecule has 2 N–H and O–H groups in total. The molecule has 1 unspecified atom stereocenters. The Kier molecular flexibility index (Phi) is 9.34. The molecule has 0 spiro atoms. The molecule has 3 heterocycles. The van der Waals surface area contributed by atoms with Crippen molar-refractivity contribution < 1.29 is 28.2 Å². The number of pyridine rings is 1. The maximum atomic E-state index is 15.1. The van der Waals surface area contributed by atoms with E-state index in [1.165, 1.54) is 32.4 Å². The molecule has 2 atom stereocenters. The van der Waals surface area contributed by atoms with E-state index < -0.39 is 18.0 Å². The molecule has 12 heteroatoms. The van der Waals surface area contributed by atoms with Crippen LogP contribution in [0.5, 0.6) is 5.88 Å². The van der Waals surface area contributed by atoms with Crippen LogP contribution in [-0.2, 0) is 14.3 Å². The highest BCUT2D eigenvalue weighted by molar-refractivity contribution is 6.31. The molecule has 2 aromatic carbocycles. The molecule has 10 nitrogen and oxygen atoms in total. The second kappa shape index (κ2) is 13.4. The van der Waals surface area contributed by atoms with Crippen molar-refractivity contribution in [2.24, 2.45) is 5.92 Å². The Hall–Kier alpha value is -4.95. The lowest BCUT2D eigenvalue weighted by Gasteiger charge is -2.35. The molecule has 0 saturated heterocycles. The maximum absolute atomic E-state index is 15.1. The fraction of sp³-hybridized carbons (Fsp3) is 0.303. The predicted octanol–water partition coefficient (Wildman–Crippen LogP) is 6.72. The monoisotopic (exact) mass is 631 g/mol. The van der Waals surface area contributed by atoms with Gasteiger partial charge in [0.05, 0.1) is 48.3 Å². The van der Waals surface area contributed by atoms with Crippen LogP contribution in [0.4, 0.5) is 20.6 Å². The van der Waals surface area contributed by atoms with Crippen LogP contribution in [0.1, 0.15) is 55.5 Å². The predicted molar refractivity (Wildman–Crippen MR) is 167 cm³/mol. The fourth-order valence-electron chi connectivity index (χ4n) is 5.69. The lowest BCUT2D eigenvalue weighted by Crippen LogP contribution is -2.38. The van der Waals surface area contributed by atoms with E-state index >= 15 is 4.39 Å². The normalized spacial score (nSPS) is 18.3. The third-order valence-electron chi connectivity index (χ3n) is 8.07. The summed E-state index contributed by atoms with van der Waals surface area (Å²) in [6.45, 7) is 2.08. The van der Waals surface area contributed by atoms with Crippen molar-refractivity contribution in [2.75, 3.05) is 31.4 Å². The number of anilines is 2. The van der Waals surface area contributed by atoms with Gasteiger partial charge in [0.25, 0.3) is 0 Å². The first-order chi connectivity index (χ1) is 21.6. The molecule has 1 aromatic heterocycles. The molecule has 3 amide bonds. The number of carbonyl (C=O) groups excluding carboxylic acids is 3. The van der Waals surface area contributed by atoms with Crippen molar-refractivity contribution >= 4 is 46.5 Å². The average Bonchev–Trinajstić information content (AvgIpc) is 3.03. The number of nitrogens with one attached hydrogen (secondary N) is 2. The quantitative estimate of drug-likeness (QED) is 0.327. The Morgan fingerprint density at radius 1 is 1.18 bits per heavy atom. The molecule has 2 aliphatic rings. The van der Waals surface area contributed by atoms with Gasteiger partial charge in [-0.3, -0.25) is 14.9 Å². The summed E-state index contributed by atoms with van der Waals surface area (Å²) < 4.78 is 25.3. The average molecular weight is 632 g/mol. The van der Waals surface area contributed by atoms with Crippen molar-refractivity contribution in [3.8, 4) is 23.1 Å². The number of nitrogens with zero attached hydrogens (tertiary/aromatic N) is 3. The third kappa shape index (κ3) is 6.61. The molecule has 0 radical (unpaired) electrons. The number of fused-ring (bicyclic) bond motifs is 4. The second-order valence-corrected chi connectivity index (χ2v) is 11.3. The van der Waals surface area contributed by atoms with Crippen LogP contribution in [0, 0.1) is 23.1 Å². The van der Waals surface area contributed by atoms with E-state index in [2.05, 4.69) is 10.6 Å². The summed E-state index contributed by atoms with van der Waals surface area (Å²) >= 11 is 6.02. The van der Waals surface area contributed by atoms with Crippen LogP contribution in [-0.4, -0.2) is 48.6 Å². The summed E-state index contributed by atoms with van der Waals surface area (Å²) in [5, 5.41) is 15.1. The van der Waals surface area contributed by atoms with Gasteiger partial charge in [-0.2, -0.15) is 5.26 Å². The summed E-state index contributed by atoms with van der Waals surface area (Å²) in [7, 11) is 2.76. The van der Waals surface area contributed by atoms with Gasteiger partial charge in [-0.25, -0.2) is 14.2 Å². The number of hydrogen-bond acceptors (Lipinski definition) is 7. The molecule has 0 aliphatic carbocycles. The highest BCUT2D eigenvalue weighted by Gasteiger charge is 2.32. The largest absolute Gasteiger partial charge is 0.481 e. The Bertz CT molecular complexity index is 1750. The minimum atomic E-state index is -0.732. The van der Waals surface area contributed by atoms with Crippen molar-refractivity contribution in [1.82, 2.24) is 9.88 Å². The summed E-state index contributed by atoms with van der Waals surface area (Å²) in [5.74, 6) is -1.32. The summed E-state index contributed by atoms with van der Waals surface area (Å²) in [4.78, 5) is 45.2. The number of carbonyl (C=O) groups is 3. The van der Waals surface area contributed by atoms with Gasteiger partial charge in [0.2, 0.25) is 17.7 Å². The standard InChI is InChI=1S/C33H31ClFN5O5/c1-18-5-4-6-27(40-12-11-19(15-29(40)41)30-20(17-36)7-10-24(34)31(30)35)26-13-21(14-28(38-26)44-2)23-9-8-22(37-33(43)45-3)16-25(23)39-32(18)42/h7-10,13-16,18,27H,4-6,11-12H2,1-3H3,(H,37,43)(H,39,42)/t18?,27-/m0/s1. The summed E-state index contributed by atoms with van der Waals surface area (Å²) in [6.07, 6.45) is 2.66. The maximum Gasteiger partial charge on any atom is 0.411 e. The molecule has 3 aromatic rings. The Balaban J connectivity index is 1.58. The molecular formula is C33H31ClFN5O5. The number of halogens is 2. The Morgan fingerprint density at radius 2 is 1.98 bits per heavy atom. The van der Waals surface area contributed by atoms with E-state index in [1.54, 1.807) is 29.2 Å². The first-order valence-electron chi connectivity index (χ1n) is 14.4. The van der Waals surface area contributed by atoms with Gasteiger partial charge in [0.1, 0.15) is 0 Å². The Morgan fingerprint density at radius 3 is 2.69 bits per heavy atom. The number of methoxy groups -OCH3 is 2. The lowest BCUT2D eigenvalue weighted by atomic mass is 9.91. The van der Waals surface area contributed by atoms with E-state index in [0.717, 1.165) is 0 Å². The smallest absolute Gasteiger partial charge is 0.411 e. The molecule has 2 bridgehead atoms. The number of ether oxygens (including phenoxy) is 2. The second-order valence-electron chi connectivity index (χ2n) is 10.9. The van der Waals surface area contributed by atoms with Gasteiger partial charge in [-0.05, 0) is 60.7 Å². The van der Waals surface area contributed by atoms with Crippen molar-refractivity contribution in [3.05, 3.63) is 76.2 Å². The fourth-order valence-corrected chi connectivity index (χ4v) is 5.85. The van der Waals surface area contributed by atoms with Crippen LogP contribution in [0.2, 0.25) is 5.02 Å². The molecular weight excluding hydrogens is 601 g/mol. The van der Waals surface area contributed by atoms with Crippen LogP contribution < -0.4 is 15.4 Å².